The molecule has 0 spiro atoms. The van der Waals surface area contributed by atoms with Crippen molar-refractivity contribution in [3.05, 3.63) is 131 Å². The summed E-state index contributed by atoms with van der Waals surface area (Å²) in [5.74, 6) is -2.62. The first-order valence-electron chi connectivity index (χ1n) is 18.0. The van der Waals surface area contributed by atoms with Crippen molar-refractivity contribution < 1.29 is 44.7 Å². The Morgan fingerprint density at radius 1 is 0.614 bits per heavy atom. The second kappa shape index (κ2) is 20.7. The number of benzene rings is 4. The van der Waals surface area contributed by atoms with Crippen LogP contribution in [0.4, 0.5) is 20.2 Å². The van der Waals surface area contributed by atoms with Gasteiger partial charge in [-0.3, -0.25) is 8.61 Å². The molecule has 0 aromatic heterocycles. The fourth-order valence-corrected chi connectivity index (χ4v) is 9.50. The smallest absolute Gasteiger partial charge is 0.337 e. The lowest BCUT2D eigenvalue weighted by atomic mass is 10.1. The Hall–Kier alpha value is -4.65. The third kappa shape index (κ3) is 11.3. The molecule has 18 heteroatoms. The van der Waals surface area contributed by atoms with Crippen LogP contribution in [0.2, 0.25) is 0 Å². The topological polar surface area (TPSA) is 146 Å². The zero-order valence-corrected chi connectivity index (χ0v) is 34.0. The molecule has 2 aliphatic rings. The van der Waals surface area contributed by atoms with Crippen LogP contribution in [-0.2, 0) is 43.0 Å². The number of carbonyl (C=O) groups excluding carboxylic acids is 2. The van der Waals surface area contributed by atoms with E-state index in [0.29, 0.717) is 50.6 Å². The Bertz CT molecular complexity index is 2020. The van der Waals surface area contributed by atoms with Gasteiger partial charge in [0.15, 0.2) is 0 Å². The van der Waals surface area contributed by atoms with Crippen LogP contribution in [0.5, 0.6) is 0 Å². The van der Waals surface area contributed by atoms with E-state index in [2.05, 4.69) is 14.8 Å². The van der Waals surface area contributed by atoms with Gasteiger partial charge in [-0.1, -0.05) is 55.0 Å². The molecular formula is C39H46ClF2N5O8S2. The zero-order chi connectivity index (χ0) is 40.3. The maximum atomic E-state index is 14.6. The standard InChI is InChI=1S/C20H23FN2O4S.C19H22FN3O4S.ClH/c1-27-20(24)16-10-11-17(19(21)14-16)15-23(18-8-4-2-5-9-18)28(25,26)22-12-6-3-7-13-22;1-27-19(24)15-7-8-16(18(20)13-15)14-23(17-5-3-2-4-6-17)28(25,26)22-11-9-21-10-12-22;/h2,4-5,8-11,14H,3,6-7,12-13,15H2,1H3;2-8,13,21H,9-12,14H2,1H3;1H. The van der Waals surface area contributed by atoms with Crippen LogP contribution in [0.15, 0.2) is 97.1 Å². The lowest BCUT2D eigenvalue weighted by molar-refractivity contribution is 0.0591. The molecule has 308 valence electrons. The van der Waals surface area contributed by atoms with Gasteiger partial charge < -0.3 is 14.8 Å². The van der Waals surface area contributed by atoms with Gasteiger partial charge in [0, 0.05) is 50.4 Å². The van der Waals surface area contributed by atoms with Crippen molar-refractivity contribution in [1.29, 1.82) is 0 Å². The second-order valence-electron chi connectivity index (χ2n) is 12.9. The van der Waals surface area contributed by atoms with Gasteiger partial charge in [0.1, 0.15) is 11.6 Å². The minimum atomic E-state index is -3.85. The lowest BCUT2D eigenvalue weighted by Crippen LogP contribution is -2.51. The largest absolute Gasteiger partial charge is 0.465 e. The number of ether oxygens (including phenoxy) is 2. The summed E-state index contributed by atoms with van der Waals surface area (Å²) in [6, 6.07) is 25.0. The Morgan fingerprint density at radius 2 is 1.00 bits per heavy atom. The number of hydrogen-bond acceptors (Lipinski definition) is 9. The third-order valence-electron chi connectivity index (χ3n) is 9.27. The summed E-state index contributed by atoms with van der Waals surface area (Å²) in [4.78, 5) is 23.2. The lowest BCUT2D eigenvalue weighted by Gasteiger charge is -2.33. The number of nitrogens with zero attached hydrogens (tertiary/aromatic N) is 4. The summed E-state index contributed by atoms with van der Waals surface area (Å²) < 4.78 is 96.7. The van der Waals surface area contributed by atoms with Gasteiger partial charge in [-0.05, 0) is 61.4 Å². The van der Waals surface area contributed by atoms with Gasteiger partial charge in [0.2, 0.25) is 0 Å². The highest BCUT2D eigenvalue weighted by molar-refractivity contribution is 7.90. The van der Waals surface area contributed by atoms with E-state index in [4.69, 9.17) is 0 Å². The fourth-order valence-electron chi connectivity index (χ4n) is 6.20. The summed E-state index contributed by atoms with van der Waals surface area (Å²) in [5.41, 5.74) is 1.39. The van der Waals surface area contributed by atoms with Gasteiger partial charge in [0.05, 0.1) is 49.8 Å². The molecule has 4 aromatic rings. The van der Waals surface area contributed by atoms with Crippen LogP contribution >= 0.6 is 12.4 Å². The average molecular weight is 850 g/mol. The van der Waals surface area contributed by atoms with Crippen molar-refractivity contribution in [2.24, 2.45) is 0 Å². The fraction of sp³-hybridized carbons (Fsp3) is 0.333. The maximum Gasteiger partial charge on any atom is 0.337 e. The molecule has 57 heavy (non-hydrogen) atoms. The summed E-state index contributed by atoms with van der Waals surface area (Å²) in [6.07, 6.45) is 2.62. The predicted octanol–water partition coefficient (Wildman–Crippen LogP) is 5.54. The molecule has 0 atom stereocenters. The molecular weight excluding hydrogens is 804 g/mol. The molecule has 0 saturated carbocycles. The molecule has 0 bridgehead atoms. The quantitative estimate of drug-likeness (QED) is 0.182. The maximum absolute atomic E-state index is 14.6. The molecule has 2 aliphatic heterocycles. The Kier molecular flexibility index (Phi) is 16.3. The van der Waals surface area contributed by atoms with Crippen LogP contribution in [0.25, 0.3) is 0 Å². The van der Waals surface area contributed by atoms with Crippen LogP contribution in [-0.4, -0.2) is 90.9 Å². The third-order valence-corrected chi connectivity index (χ3v) is 13.1. The Balaban J connectivity index is 0.000000248. The van der Waals surface area contributed by atoms with Crippen LogP contribution in [0, 0.1) is 11.6 Å². The first-order chi connectivity index (χ1) is 26.9. The van der Waals surface area contributed by atoms with E-state index in [-0.39, 0.29) is 47.8 Å². The van der Waals surface area contributed by atoms with Crippen molar-refractivity contribution in [2.45, 2.75) is 32.4 Å². The van der Waals surface area contributed by atoms with Gasteiger partial charge in [-0.15, -0.1) is 12.4 Å². The number of piperazine rings is 1. The highest BCUT2D eigenvalue weighted by Gasteiger charge is 2.33. The Labute approximate surface area is 338 Å². The molecule has 0 radical (unpaired) electrons. The van der Waals surface area contributed by atoms with Crippen LogP contribution in [0.1, 0.15) is 51.1 Å². The average Bonchev–Trinajstić information content (AvgIpc) is 3.23. The number of piperidine rings is 1. The van der Waals surface area contributed by atoms with Crippen molar-refractivity contribution in [2.75, 3.05) is 62.1 Å². The zero-order valence-electron chi connectivity index (χ0n) is 31.6. The number of nitrogens with one attached hydrogen (secondary N) is 1. The van der Waals surface area contributed by atoms with E-state index in [1.807, 2.05) is 0 Å². The number of methoxy groups -OCH3 is 2. The minimum absolute atomic E-state index is 0. The van der Waals surface area contributed by atoms with E-state index in [1.54, 1.807) is 60.7 Å². The van der Waals surface area contributed by atoms with E-state index < -0.39 is 44.0 Å². The summed E-state index contributed by atoms with van der Waals surface area (Å²) in [7, 11) is -5.24. The second-order valence-corrected chi connectivity index (χ2v) is 16.6. The normalized spacial score (nSPS) is 14.9. The van der Waals surface area contributed by atoms with Crippen molar-refractivity contribution in [1.82, 2.24) is 13.9 Å². The number of halogens is 3. The highest BCUT2D eigenvalue weighted by atomic mass is 35.5. The molecule has 6 rings (SSSR count). The minimum Gasteiger partial charge on any atom is -0.465 e. The first kappa shape index (κ1) is 45.1. The highest BCUT2D eigenvalue weighted by Crippen LogP contribution is 2.27. The first-order valence-corrected chi connectivity index (χ1v) is 20.8. The molecule has 0 amide bonds. The number of esters is 2. The molecule has 13 nitrogen and oxygen atoms in total. The molecule has 0 unspecified atom stereocenters. The van der Waals surface area contributed by atoms with E-state index >= 15 is 0 Å². The van der Waals surface area contributed by atoms with E-state index in [0.717, 1.165) is 31.4 Å². The summed E-state index contributed by atoms with van der Waals surface area (Å²) in [6.45, 7) is 2.35. The number of hydrogen-bond donors (Lipinski definition) is 1. The molecule has 0 aliphatic carbocycles. The number of para-hydroxylation sites is 2. The van der Waals surface area contributed by atoms with Gasteiger partial charge in [-0.2, -0.15) is 25.4 Å². The summed E-state index contributed by atoms with van der Waals surface area (Å²) in [5, 5.41) is 3.12. The predicted molar refractivity (Wildman–Crippen MR) is 216 cm³/mol. The van der Waals surface area contributed by atoms with Crippen molar-refractivity contribution >= 4 is 56.1 Å². The monoisotopic (exact) mass is 849 g/mol. The van der Waals surface area contributed by atoms with Crippen molar-refractivity contribution in [3.63, 3.8) is 0 Å². The molecule has 2 saturated heterocycles. The number of anilines is 2. The SMILES string of the molecule is COC(=O)c1ccc(CN(c2ccccc2)S(=O)(=O)N2CCCCC2)c(F)c1.COC(=O)c1ccc(CN(c2ccccc2)S(=O)(=O)N2CCNCC2)c(F)c1.Cl. The molecule has 2 heterocycles. The Morgan fingerprint density at radius 3 is 1.37 bits per heavy atom. The molecule has 1 N–H and O–H groups in total. The van der Waals surface area contributed by atoms with Gasteiger partial charge in [-0.25, -0.2) is 18.4 Å². The van der Waals surface area contributed by atoms with Gasteiger partial charge >= 0.3 is 32.4 Å². The summed E-state index contributed by atoms with van der Waals surface area (Å²) >= 11 is 0. The molecule has 4 aromatic carbocycles. The van der Waals surface area contributed by atoms with E-state index in [9.17, 15) is 35.2 Å². The van der Waals surface area contributed by atoms with Crippen LogP contribution in [0.3, 0.4) is 0 Å². The molecule has 2 fully saturated rings. The number of carbonyl (C=O) groups is 2. The van der Waals surface area contributed by atoms with E-state index in [1.165, 1.54) is 55.7 Å². The van der Waals surface area contributed by atoms with Crippen LogP contribution < -0.4 is 13.9 Å². The van der Waals surface area contributed by atoms with Crippen molar-refractivity contribution in [3.8, 4) is 0 Å². The van der Waals surface area contributed by atoms with Gasteiger partial charge in [0.25, 0.3) is 0 Å². The number of rotatable bonds is 12.